The summed E-state index contributed by atoms with van der Waals surface area (Å²) in [4.78, 5) is 0. The highest BCUT2D eigenvalue weighted by molar-refractivity contribution is 5.46. The molecule has 1 rings (SSSR count). The van der Waals surface area contributed by atoms with Gasteiger partial charge in [-0.15, -0.1) is 0 Å². The number of aliphatic hydroxyl groups is 1. The van der Waals surface area contributed by atoms with Crippen LogP contribution in [0, 0.1) is 5.92 Å². The second-order valence-electron chi connectivity index (χ2n) is 5.13. The number of rotatable bonds is 8. The van der Waals surface area contributed by atoms with Crippen LogP contribution in [-0.2, 0) is 6.54 Å². The Labute approximate surface area is 115 Å². The van der Waals surface area contributed by atoms with Crippen LogP contribution in [-0.4, -0.2) is 31.5 Å². The first-order chi connectivity index (χ1) is 9.04. The van der Waals surface area contributed by atoms with Gasteiger partial charge in [-0.05, 0) is 25.5 Å². The Morgan fingerprint density at radius 3 is 2.58 bits per heavy atom. The first kappa shape index (κ1) is 15.8. The molecule has 0 bridgehead atoms. The lowest BCUT2D eigenvalue weighted by atomic mass is 10.1. The maximum absolute atomic E-state index is 9.34. The van der Waals surface area contributed by atoms with Crippen molar-refractivity contribution < 1.29 is 14.6 Å². The van der Waals surface area contributed by atoms with E-state index in [0.29, 0.717) is 17.4 Å². The fourth-order valence-electron chi connectivity index (χ4n) is 1.72. The van der Waals surface area contributed by atoms with E-state index in [1.165, 1.54) is 0 Å². The minimum atomic E-state index is -0.499. The summed E-state index contributed by atoms with van der Waals surface area (Å²) in [6.45, 7) is 7.98. The van der Waals surface area contributed by atoms with Gasteiger partial charge in [0.2, 0.25) is 0 Å². The first-order valence-corrected chi connectivity index (χ1v) is 6.72. The van der Waals surface area contributed by atoms with Gasteiger partial charge in [0.1, 0.15) is 6.61 Å². The molecule has 0 aliphatic rings. The molecule has 0 heterocycles. The van der Waals surface area contributed by atoms with Crippen molar-refractivity contribution in [2.75, 3.05) is 20.3 Å². The zero-order valence-electron chi connectivity index (χ0n) is 12.3. The highest BCUT2D eigenvalue weighted by atomic mass is 16.5. The summed E-state index contributed by atoms with van der Waals surface area (Å²) in [5, 5.41) is 12.7. The third-order valence-corrected chi connectivity index (χ3v) is 2.62. The maximum atomic E-state index is 9.34. The Kier molecular flexibility index (Phi) is 6.67. The highest BCUT2D eigenvalue weighted by Gasteiger charge is 2.11. The third-order valence-electron chi connectivity index (χ3n) is 2.62. The number of para-hydroxylation sites is 1. The number of hydrogen-bond acceptors (Lipinski definition) is 4. The zero-order chi connectivity index (χ0) is 14.3. The summed E-state index contributed by atoms with van der Waals surface area (Å²) in [6, 6.07) is 5.82. The van der Waals surface area contributed by atoms with Crippen LogP contribution in [0.4, 0.5) is 0 Å². The average molecular weight is 267 g/mol. The molecule has 0 spiro atoms. The molecule has 1 aromatic carbocycles. The van der Waals surface area contributed by atoms with Gasteiger partial charge in [0.25, 0.3) is 0 Å². The van der Waals surface area contributed by atoms with E-state index < -0.39 is 6.10 Å². The van der Waals surface area contributed by atoms with E-state index >= 15 is 0 Å². The molecule has 108 valence electrons. The summed E-state index contributed by atoms with van der Waals surface area (Å²) in [6.07, 6.45) is -0.499. The maximum Gasteiger partial charge on any atom is 0.165 e. The minimum Gasteiger partial charge on any atom is -0.493 e. The summed E-state index contributed by atoms with van der Waals surface area (Å²) in [7, 11) is 1.62. The van der Waals surface area contributed by atoms with Crippen molar-refractivity contribution >= 4 is 0 Å². The Morgan fingerprint density at radius 2 is 2.00 bits per heavy atom. The quantitative estimate of drug-likeness (QED) is 0.758. The highest BCUT2D eigenvalue weighted by Crippen LogP contribution is 2.31. The van der Waals surface area contributed by atoms with Gasteiger partial charge < -0.3 is 19.9 Å². The number of methoxy groups -OCH3 is 1. The minimum absolute atomic E-state index is 0.261. The van der Waals surface area contributed by atoms with E-state index in [2.05, 4.69) is 19.2 Å². The van der Waals surface area contributed by atoms with Crippen LogP contribution < -0.4 is 14.8 Å². The number of hydrogen-bond donors (Lipinski definition) is 2. The van der Waals surface area contributed by atoms with E-state index in [0.717, 1.165) is 18.7 Å². The van der Waals surface area contributed by atoms with Crippen LogP contribution in [0.2, 0.25) is 0 Å². The summed E-state index contributed by atoms with van der Waals surface area (Å²) in [5.74, 6) is 2.01. The molecule has 0 aliphatic heterocycles. The Morgan fingerprint density at radius 1 is 1.26 bits per heavy atom. The van der Waals surface area contributed by atoms with Crippen LogP contribution in [0.15, 0.2) is 18.2 Å². The van der Waals surface area contributed by atoms with Gasteiger partial charge in [0, 0.05) is 12.1 Å². The molecule has 1 atom stereocenters. The lowest BCUT2D eigenvalue weighted by Gasteiger charge is -2.16. The van der Waals surface area contributed by atoms with E-state index in [9.17, 15) is 5.11 Å². The topological polar surface area (TPSA) is 50.7 Å². The van der Waals surface area contributed by atoms with Crippen LogP contribution in [0.5, 0.6) is 11.5 Å². The van der Waals surface area contributed by atoms with Crippen molar-refractivity contribution in [1.29, 1.82) is 0 Å². The smallest absolute Gasteiger partial charge is 0.165 e. The number of aliphatic hydroxyl groups excluding tert-OH is 1. The molecule has 0 aliphatic carbocycles. The summed E-state index contributed by atoms with van der Waals surface area (Å²) < 4.78 is 11.0. The Hall–Kier alpha value is -1.26. The molecule has 2 N–H and O–H groups in total. The van der Waals surface area contributed by atoms with Crippen LogP contribution >= 0.6 is 0 Å². The normalized spacial score (nSPS) is 12.5. The number of ether oxygens (including phenoxy) is 2. The van der Waals surface area contributed by atoms with E-state index in [4.69, 9.17) is 9.47 Å². The molecule has 0 saturated carbocycles. The van der Waals surface area contributed by atoms with Crippen LogP contribution in [0.1, 0.15) is 26.3 Å². The van der Waals surface area contributed by atoms with E-state index in [1.807, 2.05) is 18.2 Å². The van der Waals surface area contributed by atoms with Crippen molar-refractivity contribution in [2.24, 2.45) is 5.92 Å². The molecule has 0 aromatic heterocycles. The van der Waals surface area contributed by atoms with Crippen molar-refractivity contribution in [1.82, 2.24) is 5.32 Å². The first-order valence-electron chi connectivity index (χ1n) is 6.72. The van der Waals surface area contributed by atoms with Gasteiger partial charge in [-0.2, -0.15) is 0 Å². The summed E-state index contributed by atoms with van der Waals surface area (Å²) in [5.41, 5.74) is 1.04. The fourth-order valence-corrected chi connectivity index (χ4v) is 1.72. The predicted molar refractivity (Wildman–Crippen MR) is 76.7 cm³/mol. The molecular weight excluding hydrogens is 242 g/mol. The molecule has 1 unspecified atom stereocenters. The average Bonchev–Trinajstić information content (AvgIpc) is 2.36. The zero-order valence-corrected chi connectivity index (χ0v) is 12.3. The van der Waals surface area contributed by atoms with E-state index in [-0.39, 0.29) is 6.61 Å². The number of benzene rings is 1. The van der Waals surface area contributed by atoms with Crippen LogP contribution in [0.3, 0.4) is 0 Å². The molecule has 0 fully saturated rings. The fraction of sp³-hybridized carbons (Fsp3) is 0.600. The Balaban J connectivity index is 2.76. The molecule has 4 nitrogen and oxygen atoms in total. The van der Waals surface area contributed by atoms with Crippen molar-refractivity contribution in [3.8, 4) is 11.5 Å². The second-order valence-corrected chi connectivity index (χ2v) is 5.13. The molecule has 0 radical (unpaired) electrons. The summed E-state index contributed by atoms with van der Waals surface area (Å²) >= 11 is 0. The van der Waals surface area contributed by atoms with Crippen LogP contribution in [0.25, 0.3) is 0 Å². The van der Waals surface area contributed by atoms with Gasteiger partial charge in [-0.25, -0.2) is 0 Å². The van der Waals surface area contributed by atoms with Gasteiger partial charge in [0.05, 0.1) is 13.2 Å². The largest absolute Gasteiger partial charge is 0.493 e. The molecule has 0 amide bonds. The monoisotopic (exact) mass is 267 g/mol. The van der Waals surface area contributed by atoms with Gasteiger partial charge >= 0.3 is 0 Å². The molecule has 0 saturated heterocycles. The van der Waals surface area contributed by atoms with Gasteiger partial charge in [-0.1, -0.05) is 26.0 Å². The van der Waals surface area contributed by atoms with E-state index in [1.54, 1.807) is 14.0 Å². The molecule has 1 aromatic rings. The standard InChI is InChI=1S/C15H25NO3/c1-11(2)8-16-9-13-6-5-7-14(18-4)15(13)19-10-12(3)17/h5-7,11-12,16-17H,8-10H2,1-4H3. The van der Waals surface area contributed by atoms with Crippen molar-refractivity contribution in [3.05, 3.63) is 23.8 Å². The van der Waals surface area contributed by atoms with Gasteiger partial charge in [0.15, 0.2) is 11.5 Å². The number of nitrogens with one attached hydrogen (secondary N) is 1. The predicted octanol–water partition coefficient (Wildman–Crippen LogP) is 2.20. The molecule has 4 heteroatoms. The van der Waals surface area contributed by atoms with Crippen molar-refractivity contribution in [3.63, 3.8) is 0 Å². The van der Waals surface area contributed by atoms with Gasteiger partial charge in [-0.3, -0.25) is 0 Å². The second kappa shape index (κ2) is 8.02. The Bertz CT molecular complexity index is 378. The molecular formula is C15H25NO3. The SMILES string of the molecule is COc1cccc(CNCC(C)C)c1OCC(C)O. The van der Waals surface area contributed by atoms with Crippen molar-refractivity contribution in [2.45, 2.75) is 33.4 Å². The lowest BCUT2D eigenvalue weighted by molar-refractivity contribution is 0.120. The lowest BCUT2D eigenvalue weighted by Crippen LogP contribution is -2.20. The third kappa shape index (κ3) is 5.49. The molecule has 19 heavy (non-hydrogen) atoms.